The summed E-state index contributed by atoms with van der Waals surface area (Å²) in [5, 5.41) is 0.366. The molecule has 0 spiro atoms. The zero-order valence-electron chi connectivity index (χ0n) is 8.96. The average molecular weight is 225 g/mol. The van der Waals surface area contributed by atoms with Crippen LogP contribution < -0.4 is 16.6 Å². The van der Waals surface area contributed by atoms with Gasteiger partial charge in [0, 0.05) is 5.54 Å². The third kappa shape index (κ3) is 1.74. The predicted octanol–water partition coefficient (Wildman–Crippen LogP) is 1.29. The smallest absolute Gasteiger partial charge is 0.178 e. The second kappa shape index (κ2) is 3.32. The Hall–Kier alpha value is -0.350. The van der Waals surface area contributed by atoms with E-state index in [1.165, 1.54) is 38.5 Å². The van der Waals surface area contributed by atoms with Crippen LogP contribution in [0.3, 0.4) is 0 Å². The summed E-state index contributed by atoms with van der Waals surface area (Å²) in [5.41, 5.74) is 12.2. The summed E-state index contributed by atoms with van der Waals surface area (Å²) < 4.78 is 0. The quantitative estimate of drug-likeness (QED) is 0.490. The highest BCUT2D eigenvalue weighted by Gasteiger charge is 2.50. The zero-order chi connectivity index (χ0) is 10.5. The number of nitrogens with one attached hydrogen (secondary N) is 2. The molecule has 4 bridgehead atoms. The first kappa shape index (κ1) is 9.85. The fraction of sp³-hybridized carbons (Fsp3) is 0.909. The third-order valence-corrected chi connectivity index (χ3v) is 4.59. The van der Waals surface area contributed by atoms with Crippen molar-refractivity contribution in [3.05, 3.63) is 0 Å². The Morgan fingerprint density at radius 2 is 1.53 bits per heavy atom. The SMILES string of the molecule is NC(=S)NNC12CC3CC(CC(C3)C1)C2. The number of hydrazine groups is 1. The van der Waals surface area contributed by atoms with Crippen molar-refractivity contribution >= 4 is 17.3 Å². The first-order valence-electron chi connectivity index (χ1n) is 5.98. The van der Waals surface area contributed by atoms with Crippen molar-refractivity contribution < 1.29 is 0 Å². The van der Waals surface area contributed by atoms with E-state index in [-0.39, 0.29) is 0 Å². The standard InChI is InChI=1S/C11H19N3S/c12-10(15)13-14-11-4-7-1-8(5-11)3-9(2-7)6-11/h7-9,14H,1-6H2,(H3,12,13,15). The molecule has 4 N–H and O–H groups in total. The van der Waals surface area contributed by atoms with Gasteiger partial charge in [-0.05, 0) is 68.5 Å². The van der Waals surface area contributed by atoms with Gasteiger partial charge >= 0.3 is 0 Å². The Kier molecular flexibility index (Phi) is 2.18. The maximum Gasteiger partial charge on any atom is 0.178 e. The molecule has 0 saturated heterocycles. The Morgan fingerprint density at radius 3 is 1.93 bits per heavy atom. The largest absolute Gasteiger partial charge is 0.375 e. The van der Waals surface area contributed by atoms with E-state index < -0.39 is 0 Å². The van der Waals surface area contributed by atoms with Crippen LogP contribution in [0, 0.1) is 17.8 Å². The van der Waals surface area contributed by atoms with Gasteiger partial charge in [-0.2, -0.15) is 0 Å². The van der Waals surface area contributed by atoms with Gasteiger partial charge in [0.2, 0.25) is 0 Å². The van der Waals surface area contributed by atoms with E-state index in [2.05, 4.69) is 10.9 Å². The summed E-state index contributed by atoms with van der Waals surface area (Å²) in [4.78, 5) is 0. The van der Waals surface area contributed by atoms with Crippen LogP contribution >= 0.6 is 12.2 Å². The third-order valence-electron chi connectivity index (χ3n) is 4.49. The van der Waals surface area contributed by atoms with Gasteiger partial charge < -0.3 is 5.73 Å². The van der Waals surface area contributed by atoms with Crippen LogP contribution in [-0.4, -0.2) is 10.7 Å². The Morgan fingerprint density at radius 1 is 1.07 bits per heavy atom. The number of rotatable bonds is 2. The highest BCUT2D eigenvalue weighted by atomic mass is 32.1. The number of thiocarbonyl (C=S) groups is 1. The highest BCUT2D eigenvalue weighted by Crippen LogP contribution is 2.55. The molecule has 0 aromatic heterocycles. The highest BCUT2D eigenvalue weighted by molar-refractivity contribution is 7.80. The molecule has 0 aliphatic heterocycles. The molecule has 4 rings (SSSR count). The number of nitrogens with two attached hydrogens (primary N) is 1. The lowest BCUT2D eigenvalue weighted by Gasteiger charge is -2.56. The Balaban J connectivity index is 1.72. The molecule has 0 heterocycles. The van der Waals surface area contributed by atoms with Crippen molar-refractivity contribution in [3.63, 3.8) is 0 Å². The second-order valence-corrected chi connectivity index (χ2v) is 6.25. The lowest BCUT2D eigenvalue weighted by molar-refractivity contribution is -0.0232. The van der Waals surface area contributed by atoms with Gasteiger partial charge in [-0.15, -0.1) is 0 Å². The Labute approximate surface area is 96.1 Å². The molecule has 3 nitrogen and oxygen atoms in total. The molecule has 15 heavy (non-hydrogen) atoms. The molecular weight excluding hydrogens is 206 g/mol. The fourth-order valence-corrected chi connectivity index (χ4v) is 4.51. The summed E-state index contributed by atoms with van der Waals surface area (Å²) in [7, 11) is 0. The summed E-state index contributed by atoms with van der Waals surface area (Å²) in [6, 6.07) is 0. The number of hydrogen-bond donors (Lipinski definition) is 3. The van der Waals surface area contributed by atoms with E-state index in [0.29, 0.717) is 10.7 Å². The topological polar surface area (TPSA) is 50.1 Å². The molecule has 0 amide bonds. The Bertz CT molecular complexity index is 254. The van der Waals surface area contributed by atoms with E-state index in [0.717, 1.165) is 17.8 Å². The fourth-order valence-electron chi connectivity index (χ4n) is 4.46. The molecule has 0 aromatic carbocycles. The van der Waals surface area contributed by atoms with E-state index in [1.807, 2.05) is 0 Å². The molecule has 4 aliphatic carbocycles. The molecule has 4 saturated carbocycles. The lowest BCUT2D eigenvalue weighted by atomic mass is 9.53. The zero-order valence-corrected chi connectivity index (χ0v) is 9.78. The van der Waals surface area contributed by atoms with Crippen molar-refractivity contribution in [2.45, 2.75) is 44.1 Å². The molecule has 0 unspecified atom stereocenters. The number of hydrogen-bond acceptors (Lipinski definition) is 2. The molecule has 4 aliphatic rings. The molecular formula is C11H19N3S. The maximum absolute atomic E-state index is 5.48. The maximum atomic E-state index is 5.48. The van der Waals surface area contributed by atoms with Gasteiger partial charge in [0.1, 0.15) is 0 Å². The van der Waals surface area contributed by atoms with E-state index >= 15 is 0 Å². The van der Waals surface area contributed by atoms with E-state index in [1.54, 1.807) is 0 Å². The van der Waals surface area contributed by atoms with Crippen molar-refractivity contribution in [1.82, 2.24) is 10.9 Å². The second-order valence-electron chi connectivity index (χ2n) is 5.81. The molecule has 0 radical (unpaired) electrons. The van der Waals surface area contributed by atoms with Gasteiger partial charge in [0.15, 0.2) is 5.11 Å². The summed E-state index contributed by atoms with van der Waals surface area (Å²) in [5.74, 6) is 2.87. The lowest BCUT2D eigenvalue weighted by Crippen LogP contribution is -2.63. The molecule has 4 heteroatoms. The minimum atomic E-state index is 0.304. The average Bonchev–Trinajstić information content (AvgIpc) is 2.12. The molecule has 4 fully saturated rings. The minimum Gasteiger partial charge on any atom is -0.375 e. The van der Waals surface area contributed by atoms with Crippen LogP contribution in [0.5, 0.6) is 0 Å². The monoisotopic (exact) mass is 225 g/mol. The molecule has 0 atom stereocenters. The van der Waals surface area contributed by atoms with Crippen molar-refractivity contribution in [2.24, 2.45) is 23.5 Å². The normalized spacial score (nSPS) is 46.8. The van der Waals surface area contributed by atoms with Crippen LogP contribution in [0.25, 0.3) is 0 Å². The minimum absolute atomic E-state index is 0.304. The summed E-state index contributed by atoms with van der Waals surface area (Å²) in [6.07, 6.45) is 8.34. The summed E-state index contributed by atoms with van der Waals surface area (Å²) in [6.45, 7) is 0. The molecule has 0 aromatic rings. The first-order chi connectivity index (χ1) is 7.15. The van der Waals surface area contributed by atoms with Crippen molar-refractivity contribution in [2.75, 3.05) is 0 Å². The van der Waals surface area contributed by atoms with Crippen LogP contribution in [0.4, 0.5) is 0 Å². The van der Waals surface area contributed by atoms with Crippen LogP contribution in [0.2, 0.25) is 0 Å². The van der Waals surface area contributed by atoms with Gasteiger partial charge in [-0.1, -0.05) is 0 Å². The first-order valence-corrected chi connectivity index (χ1v) is 6.39. The van der Waals surface area contributed by atoms with Gasteiger partial charge in [0.05, 0.1) is 0 Å². The van der Waals surface area contributed by atoms with E-state index in [4.69, 9.17) is 18.0 Å². The molecule has 84 valence electrons. The van der Waals surface area contributed by atoms with Gasteiger partial charge in [-0.25, -0.2) is 5.43 Å². The van der Waals surface area contributed by atoms with Crippen LogP contribution in [0.1, 0.15) is 38.5 Å². The van der Waals surface area contributed by atoms with Gasteiger partial charge in [0.25, 0.3) is 0 Å². The van der Waals surface area contributed by atoms with Crippen molar-refractivity contribution in [3.8, 4) is 0 Å². The van der Waals surface area contributed by atoms with E-state index in [9.17, 15) is 0 Å². The predicted molar refractivity (Wildman–Crippen MR) is 64.0 cm³/mol. The van der Waals surface area contributed by atoms with Gasteiger partial charge in [-0.3, -0.25) is 5.43 Å². The van der Waals surface area contributed by atoms with Crippen LogP contribution in [-0.2, 0) is 0 Å². The van der Waals surface area contributed by atoms with Crippen molar-refractivity contribution in [1.29, 1.82) is 0 Å². The summed E-state index contributed by atoms with van der Waals surface area (Å²) >= 11 is 4.85. The van der Waals surface area contributed by atoms with Crippen LogP contribution in [0.15, 0.2) is 0 Å².